The molecule has 0 radical (unpaired) electrons. The minimum atomic E-state index is -0.583. The number of para-hydroxylation sites is 1. The molecule has 0 bridgehead atoms. The summed E-state index contributed by atoms with van der Waals surface area (Å²) in [5.74, 6) is 2.49. The van der Waals surface area contributed by atoms with Gasteiger partial charge in [-0.05, 0) is 17.9 Å². The Morgan fingerprint density at radius 2 is 2.00 bits per heavy atom. The van der Waals surface area contributed by atoms with Crippen LogP contribution >= 0.6 is 23.4 Å². The number of fused-ring (bicyclic) bond motifs is 4. The lowest BCUT2D eigenvalue weighted by atomic mass is 10.1. The van der Waals surface area contributed by atoms with Crippen LogP contribution in [0.4, 0.5) is 5.69 Å². The molecule has 3 heterocycles. The van der Waals surface area contributed by atoms with E-state index in [1.54, 1.807) is 6.07 Å². The highest BCUT2D eigenvalue weighted by atomic mass is 35.5. The second-order valence-electron chi connectivity index (χ2n) is 6.10. The second-order valence-corrected chi connectivity index (χ2v) is 7.73. The van der Waals surface area contributed by atoms with E-state index in [1.165, 1.54) is 11.8 Å². The lowest BCUT2D eigenvalue weighted by Gasteiger charge is -2.20. The quantitative estimate of drug-likeness (QED) is 0.626. The fourth-order valence-corrected chi connectivity index (χ4v) is 3.87. The molecule has 28 heavy (non-hydrogen) atoms. The van der Waals surface area contributed by atoms with E-state index in [-0.39, 0.29) is 6.79 Å². The van der Waals surface area contributed by atoms with Crippen molar-refractivity contribution in [1.29, 1.82) is 0 Å². The van der Waals surface area contributed by atoms with Crippen LogP contribution in [0.5, 0.6) is 17.4 Å². The summed E-state index contributed by atoms with van der Waals surface area (Å²) in [4.78, 5) is 4.57. The zero-order chi connectivity index (χ0) is 19.1. The van der Waals surface area contributed by atoms with E-state index in [9.17, 15) is 0 Å². The van der Waals surface area contributed by atoms with Gasteiger partial charge in [0.25, 0.3) is 0 Å². The summed E-state index contributed by atoms with van der Waals surface area (Å²) in [7, 11) is 0. The van der Waals surface area contributed by atoms with Crippen molar-refractivity contribution >= 4 is 29.1 Å². The number of thioether (sulfide) groups is 1. The number of rotatable bonds is 3. The van der Waals surface area contributed by atoms with Crippen LogP contribution in [0, 0.1) is 0 Å². The monoisotopic (exact) mass is 414 g/mol. The van der Waals surface area contributed by atoms with E-state index in [1.807, 2.05) is 37.3 Å². The topological polar surface area (TPSA) is 78.4 Å². The Morgan fingerprint density at radius 1 is 1.18 bits per heavy atom. The fourth-order valence-electron chi connectivity index (χ4n) is 3.11. The third-order valence-corrected chi connectivity index (χ3v) is 5.43. The largest absolute Gasteiger partial charge is 0.454 e. The van der Waals surface area contributed by atoms with Crippen molar-refractivity contribution in [2.45, 2.75) is 18.3 Å². The average Bonchev–Trinajstić information content (AvgIpc) is 3.08. The van der Waals surface area contributed by atoms with Crippen LogP contribution in [-0.2, 0) is 0 Å². The number of benzene rings is 2. The number of hydrogen-bond donors (Lipinski definition) is 1. The molecule has 0 aliphatic carbocycles. The van der Waals surface area contributed by atoms with E-state index < -0.39 is 6.23 Å². The van der Waals surface area contributed by atoms with Crippen molar-refractivity contribution in [1.82, 2.24) is 15.2 Å². The SMILES string of the molecule is CCSc1nnc2c(n1)O[C@H](c1cc3c(cc1Cl)OCO3)Nc1ccccc1-2. The highest BCUT2D eigenvalue weighted by Gasteiger charge is 2.29. The van der Waals surface area contributed by atoms with Gasteiger partial charge < -0.3 is 19.5 Å². The lowest BCUT2D eigenvalue weighted by Crippen LogP contribution is -2.17. The zero-order valence-corrected chi connectivity index (χ0v) is 16.4. The Bertz CT molecular complexity index is 1070. The molecule has 0 amide bonds. The van der Waals surface area contributed by atoms with Gasteiger partial charge in [0.15, 0.2) is 23.4 Å². The van der Waals surface area contributed by atoms with Gasteiger partial charge in [0.1, 0.15) is 0 Å². The van der Waals surface area contributed by atoms with E-state index in [0.29, 0.717) is 33.3 Å². The molecule has 0 fully saturated rings. The number of halogens is 1. The summed E-state index contributed by atoms with van der Waals surface area (Å²) in [6.45, 7) is 2.21. The van der Waals surface area contributed by atoms with Crippen molar-refractivity contribution in [3.05, 3.63) is 47.0 Å². The average molecular weight is 415 g/mol. The van der Waals surface area contributed by atoms with Gasteiger partial charge in [0.05, 0.1) is 5.02 Å². The smallest absolute Gasteiger partial charge is 0.247 e. The molecule has 9 heteroatoms. The van der Waals surface area contributed by atoms with Gasteiger partial charge in [-0.1, -0.05) is 48.5 Å². The Hall–Kier alpha value is -2.71. The number of hydrogen-bond acceptors (Lipinski definition) is 8. The Kier molecular flexibility index (Phi) is 4.37. The summed E-state index contributed by atoms with van der Waals surface area (Å²) in [5, 5.41) is 13.0. The Balaban J connectivity index is 1.63. The van der Waals surface area contributed by atoms with Crippen molar-refractivity contribution < 1.29 is 14.2 Å². The molecule has 3 aromatic rings. The van der Waals surface area contributed by atoms with Crippen LogP contribution in [0.1, 0.15) is 18.7 Å². The molecule has 2 aliphatic rings. The minimum Gasteiger partial charge on any atom is -0.454 e. The molecule has 2 aliphatic heterocycles. The van der Waals surface area contributed by atoms with Crippen molar-refractivity contribution in [3.63, 3.8) is 0 Å². The van der Waals surface area contributed by atoms with Crippen LogP contribution in [0.2, 0.25) is 5.02 Å². The first-order chi connectivity index (χ1) is 13.7. The normalized spacial score (nSPS) is 16.4. The number of ether oxygens (including phenoxy) is 3. The maximum atomic E-state index is 6.52. The molecule has 1 aromatic heterocycles. The van der Waals surface area contributed by atoms with E-state index in [2.05, 4.69) is 20.5 Å². The first-order valence-electron chi connectivity index (χ1n) is 8.72. The predicted molar refractivity (Wildman–Crippen MR) is 106 cm³/mol. The van der Waals surface area contributed by atoms with Crippen molar-refractivity contribution in [2.75, 3.05) is 17.9 Å². The van der Waals surface area contributed by atoms with E-state index in [4.69, 9.17) is 25.8 Å². The van der Waals surface area contributed by atoms with Gasteiger partial charge in [-0.15, -0.1) is 10.2 Å². The van der Waals surface area contributed by atoms with E-state index in [0.717, 1.165) is 22.6 Å². The highest BCUT2D eigenvalue weighted by Crippen LogP contribution is 2.44. The molecule has 7 nitrogen and oxygen atoms in total. The molecule has 2 aromatic carbocycles. The summed E-state index contributed by atoms with van der Waals surface area (Å²) in [5.41, 5.74) is 3.02. The number of nitrogens with zero attached hydrogens (tertiary/aromatic N) is 3. The highest BCUT2D eigenvalue weighted by molar-refractivity contribution is 7.99. The molecule has 0 spiro atoms. The Morgan fingerprint density at radius 3 is 2.86 bits per heavy atom. The molecule has 0 saturated carbocycles. The summed E-state index contributed by atoms with van der Waals surface area (Å²) in [6, 6.07) is 11.4. The van der Waals surface area contributed by atoms with Crippen LogP contribution in [0.25, 0.3) is 11.3 Å². The van der Waals surface area contributed by atoms with Gasteiger partial charge in [0, 0.05) is 22.9 Å². The zero-order valence-electron chi connectivity index (χ0n) is 14.8. The molecule has 142 valence electrons. The maximum absolute atomic E-state index is 6.52. The number of nitrogens with one attached hydrogen (secondary N) is 1. The molecule has 1 N–H and O–H groups in total. The number of aromatic nitrogens is 3. The predicted octanol–water partition coefficient (Wildman–Crippen LogP) is 4.54. The van der Waals surface area contributed by atoms with Crippen molar-refractivity contribution in [2.24, 2.45) is 0 Å². The van der Waals surface area contributed by atoms with Crippen LogP contribution in [0.3, 0.4) is 0 Å². The van der Waals surface area contributed by atoms with Crippen LogP contribution in [-0.4, -0.2) is 27.7 Å². The first-order valence-corrected chi connectivity index (χ1v) is 10.1. The standard InChI is InChI=1S/C19H15ClN4O3S/c1-2-28-19-22-18-16(23-24-19)10-5-3-4-6-13(10)21-17(27-18)11-7-14-15(8-12(11)20)26-9-25-14/h3-8,17,21H,2,9H2,1H3/t17-/m1/s1. The molecule has 0 unspecified atom stereocenters. The fraction of sp³-hybridized carbons (Fsp3) is 0.211. The third-order valence-electron chi connectivity index (χ3n) is 4.38. The molecule has 1 atom stereocenters. The molecular weight excluding hydrogens is 400 g/mol. The van der Waals surface area contributed by atoms with Crippen LogP contribution in [0.15, 0.2) is 41.6 Å². The lowest BCUT2D eigenvalue weighted by molar-refractivity contribution is 0.173. The van der Waals surface area contributed by atoms with E-state index >= 15 is 0 Å². The van der Waals surface area contributed by atoms with Gasteiger partial charge in [-0.25, -0.2) is 0 Å². The molecule has 5 rings (SSSR count). The summed E-state index contributed by atoms with van der Waals surface area (Å²) in [6.07, 6.45) is -0.583. The molecular formula is C19H15ClN4O3S. The Labute approximate surface area is 170 Å². The minimum absolute atomic E-state index is 0.175. The van der Waals surface area contributed by atoms with Crippen LogP contribution < -0.4 is 19.5 Å². The number of anilines is 1. The third kappa shape index (κ3) is 2.98. The van der Waals surface area contributed by atoms with Gasteiger partial charge in [-0.3, -0.25) is 0 Å². The van der Waals surface area contributed by atoms with Crippen molar-refractivity contribution in [3.8, 4) is 28.6 Å². The van der Waals surface area contributed by atoms with Gasteiger partial charge in [0.2, 0.25) is 17.8 Å². The maximum Gasteiger partial charge on any atom is 0.247 e. The second kappa shape index (κ2) is 7.03. The van der Waals surface area contributed by atoms with Gasteiger partial charge >= 0.3 is 0 Å². The van der Waals surface area contributed by atoms with Gasteiger partial charge in [-0.2, -0.15) is 4.98 Å². The molecule has 0 saturated heterocycles. The summed E-state index contributed by atoms with van der Waals surface area (Å²) >= 11 is 8.03. The first kappa shape index (κ1) is 17.4. The summed E-state index contributed by atoms with van der Waals surface area (Å²) < 4.78 is 17.1.